The van der Waals surface area contributed by atoms with Crippen LogP contribution in [0.1, 0.15) is 18.9 Å². The summed E-state index contributed by atoms with van der Waals surface area (Å²) in [6.45, 7) is 3.25. The van der Waals surface area contributed by atoms with E-state index in [0.717, 1.165) is 5.56 Å². The molecule has 1 aromatic rings. The van der Waals surface area contributed by atoms with Crippen molar-refractivity contribution in [1.29, 1.82) is 0 Å². The molecule has 1 rings (SSSR count). The summed E-state index contributed by atoms with van der Waals surface area (Å²) in [6.07, 6.45) is 0.504. The van der Waals surface area contributed by atoms with Gasteiger partial charge in [0.25, 0.3) is 0 Å². The van der Waals surface area contributed by atoms with Gasteiger partial charge in [-0.3, -0.25) is 4.79 Å². The van der Waals surface area contributed by atoms with E-state index in [1.165, 1.54) is 0 Å². The Kier molecular flexibility index (Phi) is 5.78. The highest BCUT2D eigenvalue weighted by Gasteiger charge is 2.12. The molecular weight excluding hydrogens is 288 g/mol. The fourth-order valence-corrected chi connectivity index (χ4v) is 2.66. The standard InChI is InChI=1S/C12H17ClN2O3S/c1-3-7-19(17,18)14-8-12(16)15-11-6-4-5-10(13)9(11)2/h4-6,14H,3,7-8H2,1-2H3,(H,15,16). The van der Waals surface area contributed by atoms with Gasteiger partial charge in [-0.2, -0.15) is 0 Å². The second-order valence-electron chi connectivity index (χ2n) is 4.10. The number of anilines is 1. The number of hydrogen-bond donors (Lipinski definition) is 2. The molecule has 0 aliphatic heterocycles. The highest BCUT2D eigenvalue weighted by atomic mass is 35.5. The number of rotatable bonds is 6. The van der Waals surface area contributed by atoms with Crippen LogP contribution in [0.5, 0.6) is 0 Å². The van der Waals surface area contributed by atoms with Crippen molar-refractivity contribution in [3.8, 4) is 0 Å². The zero-order valence-electron chi connectivity index (χ0n) is 10.9. The normalized spacial score (nSPS) is 11.3. The summed E-state index contributed by atoms with van der Waals surface area (Å²) in [4.78, 5) is 11.6. The van der Waals surface area contributed by atoms with Gasteiger partial charge in [-0.25, -0.2) is 13.1 Å². The predicted molar refractivity (Wildman–Crippen MR) is 76.9 cm³/mol. The molecule has 19 heavy (non-hydrogen) atoms. The van der Waals surface area contributed by atoms with Crippen molar-refractivity contribution >= 4 is 33.2 Å². The van der Waals surface area contributed by atoms with Crippen LogP contribution in [-0.2, 0) is 14.8 Å². The summed E-state index contributed by atoms with van der Waals surface area (Å²) >= 11 is 5.93. The van der Waals surface area contributed by atoms with Gasteiger partial charge in [0.1, 0.15) is 0 Å². The van der Waals surface area contributed by atoms with E-state index >= 15 is 0 Å². The molecular formula is C12H17ClN2O3S. The lowest BCUT2D eigenvalue weighted by atomic mass is 10.2. The Morgan fingerprint density at radius 3 is 2.68 bits per heavy atom. The van der Waals surface area contributed by atoms with Gasteiger partial charge in [-0.15, -0.1) is 0 Å². The molecule has 5 nitrogen and oxygen atoms in total. The average molecular weight is 305 g/mol. The molecule has 1 amide bonds. The van der Waals surface area contributed by atoms with E-state index in [4.69, 9.17) is 11.6 Å². The van der Waals surface area contributed by atoms with E-state index in [0.29, 0.717) is 17.1 Å². The summed E-state index contributed by atoms with van der Waals surface area (Å²) in [5.74, 6) is -0.415. The Balaban J connectivity index is 2.59. The van der Waals surface area contributed by atoms with E-state index in [1.807, 2.05) is 0 Å². The van der Waals surface area contributed by atoms with E-state index < -0.39 is 15.9 Å². The van der Waals surface area contributed by atoms with Crippen molar-refractivity contribution in [3.63, 3.8) is 0 Å². The van der Waals surface area contributed by atoms with Crippen molar-refractivity contribution in [2.24, 2.45) is 0 Å². The molecule has 0 saturated carbocycles. The molecule has 7 heteroatoms. The molecule has 2 N–H and O–H groups in total. The van der Waals surface area contributed by atoms with Gasteiger partial charge >= 0.3 is 0 Å². The molecule has 0 spiro atoms. The zero-order valence-corrected chi connectivity index (χ0v) is 12.4. The minimum absolute atomic E-state index is 0.0104. The van der Waals surface area contributed by atoms with Crippen LogP contribution in [-0.4, -0.2) is 26.6 Å². The van der Waals surface area contributed by atoms with Crippen molar-refractivity contribution in [3.05, 3.63) is 28.8 Å². The first-order chi connectivity index (χ1) is 8.85. The number of hydrogen-bond acceptors (Lipinski definition) is 3. The van der Waals surface area contributed by atoms with Crippen LogP contribution < -0.4 is 10.0 Å². The third-order valence-electron chi connectivity index (χ3n) is 2.47. The summed E-state index contributed by atoms with van der Waals surface area (Å²) in [5.41, 5.74) is 1.32. The van der Waals surface area contributed by atoms with Gasteiger partial charge in [-0.05, 0) is 31.0 Å². The smallest absolute Gasteiger partial charge is 0.239 e. The maximum absolute atomic E-state index is 11.6. The monoisotopic (exact) mass is 304 g/mol. The van der Waals surface area contributed by atoms with E-state index in [9.17, 15) is 13.2 Å². The van der Waals surface area contributed by atoms with Gasteiger partial charge in [0.15, 0.2) is 0 Å². The van der Waals surface area contributed by atoms with Gasteiger partial charge in [0, 0.05) is 10.7 Å². The first kappa shape index (κ1) is 15.9. The van der Waals surface area contributed by atoms with Crippen LogP contribution >= 0.6 is 11.6 Å². The van der Waals surface area contributed by atoms with Crippen LogP contribution in [0, 0.1) is 6.92 Å². The number of amides is 1. The minimum atomic E-state index is -3.37. The van der Waals surface area contributed by atoms with Crippen LogP contribution in [0.15, 0.2) is 18.2 Å². The molecule has 0 aliphatic rings. The molecule has 0 fully saturated rings. The molecule has 0 heterocycles. The molecule has 0 aliphatic carbocycles. The number of carbonyl (C=O) groups is 1. The summed E-state index contributed by atoms with van der Waals surface area (Å²) < 4.78 is 25.0. The third-order valence-corrected chi connectivity index (χ3v) is 4.41. The lowest BCUT2D eigenvalue weighted by Gasteiger charge is -2.10. The maximum atomic E-state index is 11.6. The predicted octanol–water partition coefficient (Wildman–Crippen LogP) is 1.92. The topological polar surface area (TPSA) is 75.3 Å². The summed E-state index contributed by atoms with van der Waals surface area (Å²) in [5, 5.41) is 3.16. The zero-order chi connectivity index (χ0) is 14.5. The third kappa shape index (κ3) is 5.18. The fourth-order valence-electron chi connectivity index (χ4n) is 1.45. The van der Waals surface area contributed by atoms with Gasteiger partial charge in [0.05, 0.1) is 12.3 Å². The number of benzene rings is 1. The first-order valence-electron chi connectivity index (χ1n) is 5.88. The molecule has 0 aromatic heterocycles. The molecule has 0 radical (unpaired) electrons. The Morgan fingerprint density at radius 1 is 1.37 bits per heavy atom. The van der Waals surface area contributed by atoms with Crippen molar-refractivity contribution in [2.75, 3.05) is 17.6 Å². The molecule has 0 bridgehead atoms. The van der Waals surface area contributed by atoms with Crippen molar-refractivity contribution in [2.45, 2.75) is 20.3 Å². The van der Waals surface area contributed by atoms with Gasteiger partial charge in [-0.1, -0.05) is 24.6 Å². The highest BCUT2D eigenvalue weighted by Crippen LogP contribution is 2.22. The number of carbonyl (C=O) groups excluding carboxylic acids is 1. The molecule has 0 saturated heterocycles. The second-order valence-corrected chi connectivity index (χ2v) is 6.43. The first-order valence-corrected chi connectivity index (χ1v) is 7.91. The average Bonchev–Trinajstić information content (AvgIpc) is 2.33. The van der Waals surface area contributed by atoms with Gasteiger partial charge < -0.3 is 5.32 Å². The minimum Gasteiger partial charge on any atom is -0.325 e. The van der Waals surface area contributed by atoms with Crippen LogP contribution in [0.4, 0.5) is 5.69 Å². The van der Waals surface area contributed by atoms with Crippen LogP contribution in [0.25, 0.3) is 0 Å². The lowest BCUT2D eigenvalue weighted by Crippen LogP contribution is -2.34. The van der Waals surface area contributed by atoms with Crippen LogP contribution in [0.3, 0.4) is 0 Å². The highest BCUT2D eigenvalue weighted by molar-refractivity contribution is 7.89. The van der Waals surface area contributed by atoms with Crippen molar-refractivity contribution in [1.82, 2.24) is 4.72 Å². The SMILES string of the molecule is CCCS(=O)(=O)NCC(=O)Nc1cccc(Cl)c1C. The van der Waals surface area contributed by atoms with Crippen molar-refractivity contribution < 1.29 is 13.2 Å². The number of halogens is 1. The quantitative estimate of drug-likeness (QED) is 0.843. The molecule has 0 atom stereocenters. The lowest BCUT2D eigenvalue weighted by molar-refractivity contribution is -0.115. The van der Waals surface area contributed by atoms with E-state index in [1.54, 1.807) is 32.0 Å². The Bertz CT molecular complexity index is 558. The summed E-state index contributed by atoms with van der Waals surface area (Å²) in [6, 6.07) is 5.14. The van der Waals surface area contributed by atoms with Crippen LogP contribution in [0.2, 0.25) is 5.02 Å². The Hall–Kier alpha value is -1.11. The number of nitrogens with one attached hydrogen (secondary N) is 2. The Labute approximate surface area is 118 Å². The Morgan fingerprint density at radius 2 is 2.05 bits per heavy atom. The van der Waals surface area contributed by atoms with E-state index in [-0.39, 0.29) is 12.3 Å². The largest absolute Gasteiger partial charge is 0.325 e. The maximum Gasteiger partial charge on any atom is 0.239 e. The fraction of sp³-hybridized carbons (Fsp3) is 0.417. The van der Waals surface area contributed by atoms with E-state index in [2.05, 4.69) is 10.0 Å². The summed E-state index contributed by atoms with van der Waals surface area (Å²) in [7, 11) is -3.37. The number of sulfonamides is 1. The molecule has 0 unspecified atom stereocenters. The second kappa shape index (κ2) is 6.88. The molecule has 1 aromatic carbocycles. The van der Waals surface area contributed by atoms with Gasteiger partial charge in [0.2, 0.25) is 15.9 Å². The molecule has 106 valence electrons.